The minimum Gasteiger partial charge on any atom is -0.285 e. The second kappa shape index (κ2) is 4.21. The van der Waals surface area contributed by atoms with E-state index in [1.165, 1.54) is 6.08 Å². The van der Waals surface area contributed by atoms with Crippen LogP contribution in [-0.2, 0) is 4.79 Å². The molecule has 0 bridgehead atoms. The fourth-order valence-electron chi connectivity index (χ4n) is 2.29. The zero-order chi connectivity index (χ0) is 12.6. The van der Waals surface area contributed by atoms with Gasteiger partial charge < -0.3 is 0 Å². The Bertz CT molecular complexity index is 294. The van der Waals surface area contributed by atoms with Gasteiger partial charge in [-0.05, 0) is 37.7 Å². The van der Waals surface area contributed by atoms with Gasteiger partial charge in [0.1, 0.15) is 0 Å². The number of nitrogens with zero attached hydrogens (tertiary/aromatic N) is 1. The van der Waals surface area contributed by atoms with Gasteiger partial charge in [-0.1, -0.05) is 27.4 Å². The number of rotatable bonds is 2. The van der Waals surface area contributed by atoms with Crippen molar-refractivity contribution in [2.75, 3.05) is 6.54 Å². The fraction of sp³-hybridized carbons (Fsp3) is 0.769. The van der Waals surface area contributed by atoms with Crippen molar-refractivity contribution in [3.63, 3.8) is 0 Å². The first-order valence-corrected chi connectivity index (χ1v) is 5.94. The first-order chi connectivity index (χ1) is 7.23. The Labute approximate surface area is 98.9 Å². The van der Waals surface area contributed by atoms with Crippen molar-refractivity contribution in [1.82, 2.24) is 10.4 Å². The summed E-state index contributed by atoms with van der Waals surface area (Å²) >= 11 is 0. The number of carbonyl (C=O) groups is 1. The third-order valence-corrected chi connectivity index (χ3v) is 4.70. The molecule has 1 atom stereocenters. The van der Waals surface area contributed by atoms with Gasteiger partial charge >= 0.3 is 0 Å². The van der Waals surface area contributed by atoms with Gasteiger partial charge in [-0.2, -0.15) is 0 Å². The molecule has 1 N–H and O–H groups in total. The van der Waals surface area contributed by atoms with E-state index in [0.29, 0.717) is 5.92 Å². The number of piperidine rings is 1. The molecule has 3 nitrogen and oxygen atoms in total. The summed E-state index contributed by atoms with van der Waals surface area (Å²) in [7, 11) is 0. The summed E-state index contributed by atoms with van der Waals surface area (Å²) in [6.07, 6.45) is 2.43. The van der Waals surface area contributed by atoms with Crippen LogP contribution in [0, 0.1) is 11.3 Å². The summed E-state index contributed by atoms with van der Waals surface area (Å²) in [6.45, 7) is 15.6. The van der Waals surface area contributed by atoms with Crippen LogP contribution in [0.15, 0.2) is 12.7 Å². The molecular weight excluding hydrogens is 200 g/mol. The summed E-state index contributed by atoms with van der Waals surface area (Å²) in [5, 5.41) is 2.05. The maximum absolute atomic E-state index is 11.4. The van der Waals surface area contributed by atoms with Gasteiger partial charge in [0.05, 0.1) is 0 Å². The molecule has 1 heterocycles. The molecule has 1 rings (SSSR count). The average Bonchev–Trinajstić information content (AvgIpc) is 2.20. The van der Waals surface area contributed by atoms with Gasteiger partial charge in [-0.25, -0.2) is 5.01 Å². The Balaban J connectivity index is 2.89. The molecule has 3 heteroatoms. The highest BCUT2D eigenvalue weighted by Crippen LogP contribution is 2.46. The molecular formula is C13H24N2O. The van der Waals surface area contributed by atoms with Gasteiger partial charge in [0.25, 0.3) is 5.91 Å². The standard InChI is InChI=1S/C13H24N2O/c1-7-11(16)14-15-9-8-10(2)12(3,4)13(15,5)6/h7,10H,1,8-9H2,2-6H3,(H,14,16). The van der Waals surface area contributed by atoms with Crippen LogP contribution in [0.5, 0.6) is 0 Å². The van der Waals surface area contributed by atoms with Crippen molar-refractivity contribution in [2.24, 2.45) is 11.3 Å². The second-order valence-corrected chi connectivity index (χ2v) is 5.80. The van der Waals surface area contributed by atoms with Crippen LogP contribution in [0.4, 0.5) is 0 Å². The van der Waals surface area contributed by atoms with Crippen LogP contribution in [-0.4, -0.2) is 23.0 Å². The van der Waals surface area contributed by atoms with E-state index in [2.05, 4.69) is 51.6 Å². The predicted molar refractivity (Wildman–Crippen MR) is 66.7 cm³/mol. The molecule has 1 fully saturated rings. The number of carbonyl (C=O) groups excluding carboxylic acids is 1. The molecule has 1 saturated heterocycles. The molecule has 0 aliphatic carbocycles. The van der Waals surface area contributed by atoms with Crippen molar-refractivity contribution in [2.45, 2.75) is 46.6 Å². The van der Waals surface area contributed by atoms with Crippen molar-refractivity contribution in [3.8, 4) is 0 Å². The molecule has 0 aromatic carbocycles. The SMILES string of the molecule is C=CC(=O)NN1CCC(C)C(C)(C)C1(C)C. The summed E-state index contributed by atoms with van der Waals surface area (Å²) in [4.78, 5) is 11.4. The van der Waals surface area contributed by atoms with Crippen LogP contribution in [0.2, 0.25) is 0 Å². The smallest absolute Gasteiger partial charge is 0.257 e. The first kappa shape index (κ1) is 13.2. The lowest BCUT2D eigenvalue weighted by molar-refractivity contribution is -0.136. The molecule has 16 heavy (non-hydrogen) atoms. The molecule has 0 aromatic rings. The average molecular weight is 224 g/mol. The quantitative estimate of drug-likeness (QED) is 0.730. The lowest BCUT2D eigenvalue weighted by atomic mass is 9.63. The molecule has 0 aromatic heterocycles. The zero-order valence-corrected chi connectivity index (χ0v) is 11.1. The summed E-state index contributed by atoms with van der Waals surface area (Å²) in [5.41, 5.74) is 3.03. The van der Waals surface area contributed by atoms with Crippen molar-refractivity contribution in [1.29, 1.82) is 0 Å². The van der Waals surface area contributed by atoms with E-state index in [1.807, 2.05) is 0 Å². The van der Waals surface area contributed by atoms with E-state index in [-0.39, 0.29) is 16.9 Å². The van der Waals surface area contributed by atoms with E-state index >= 15 is 0 Å². The van der Waals surface area contributed by atoms with E-state index < -0.39 is 0 Å². The van der Waals surface area contributed by atoms with Crippen LogP contribution >= 0.6 is 0 Å². The molecule has 0 saturated carbocycles. The highest BCUT2D eigenvalue weighted by molar-refractivity contribution is 5.86. The highest BCUT2D eigenvalue weighted by atomic mass is 16.2. The van der Waals surface area contributed by atoms with Crippen LogP contribution < -0.4 is 5.43 Å². The van der Waals surface area contributed by atoms with Crippen LogP contribution in [0.25, 0.3) is 0 Å². The van der Waals surface area contributed by atoms with Crippen LogP contribution in [0.1, 0.15) is 41.0 Å². The minimum atomic E-state index is -0.126. The van der Waals surface area contributed by atoms with Crippen molar-refractivity contribution in [3.05, 3.63) is 12.7 Å². The number of hydrogen-bond acceptors (Lipinski definition) is 2. The molecule has 1 aliphatic heterocycles. The summed E-state index contributed by atoms with van der Waals surface area (Å²) < 4.78 is 0. The maximum atomic E-state index is 11.4. The van der Waals surface area contributed by atoms with E-state index in [0.717, 1.165) is 13.0 Å². The third kappa shape index (κ3) is 2.01. The minimum absolute atomic E-state index is 0.0522. The zero-order valence-electron chi connectivity index (χ0n) is 11.1. The van der Waals surface area contributed by atoms with Gasteiger partial charge in [0, 0.05) is 12.1 Å². The maximum Gasteiger partial charge on any atom is 0.257 e. The molecule has 92 valence electrons. The van der Waals surface area contributed by atoms with Gasteiger partial charge in [0.15, 0.2) is 0 Å². The largest absolute Gasteiger partial charge is 0.285 e. The monoisotopic (exact) mass is 224 g/mol. The molecule has 0 spiro atoms. The number of hydrazine groups is 1. The fourth-order valence-corrected chi connectivity index (χ4v) is 2.29. The number of nitrogens with one attached hydrogen (secondary N) is 1. The van der Waals surface area contributed by atoms with Crippen molar-refractivity contribution < 1.29 is 4.79 Å². The summed E-state index contributed by atoms with van der Waals surface area (Å²) in [6, 6.07) is 0. The molecule has 1 aliphatic rings. The highest BCUT2D eigenvalue weighted by Gasteiger charge is 2.48. The molecule has 0 radical (unpaired) electrons. The van der Waals surface area contributed by atoms with Crippen LogP contribution in [0.3, 0.4) is 0 Å². The second-order valence-electron chi connectivity index (χ2n) is 5.80. The summed E-state index contributed by atoms with van der Waals surface area (Å²) in [5.74, 6) is 0.526. The third-order valence-electron chi connectivity index (χ3n) is 4.70. The van der Waals surface area contributed by atoms with Crippen molar-refractivity contribution >= 4 is 5.91 Å². The van der Waals surface area contributed by atoms with E-state index in [1.54, 1.807) is 0 Å². The van der Waals surface area contributed by atoms with E-state index in [9.17, 15) is 4.79 Å². The van der Waals surface area contributed by atoms with E-state index in [4.69, 9.17) is 0 Å². The Hall–Kier alpha value is -0.830. The Morgan fingerprint density at radius 3 is 2.50 bits per heavy atom. The first-order valence-electron chi connectivity index (χ1n) is 5.94. The van der Waals surface area contributed by atoms with Gasteiger partial charge in [-0.3, -0.25) is 10.2 Å². The molecule has 1 amide bonds. The Morgan fingerprint density at radius 1 is 1.44 bits per heavy atom. The number of amides is 1. The number of hydrogen-bond donors (Lipinski definition) is 1. The lowest BCUT2D eigenvalue weighted by Gasteiger charge is -2.56. The lowest BCUT2D eigenvalue weighted by Crippen LogP contribution is -2.65. The molecule has 1 unspecified atom stereocenters. The van der Waals surface area contributed by atoms with Gasteiger partial charge in [0.2, 0.25) is 0 Å². The predicted octanol–water partition coefficient (Wildman–Crippen LogP) is 2.35. The normalized spacial score (nSPS) is 28.4. The Morgan fingerprint density at radius 2 is 2.00 bits per heavy atom. The van der Waals surface area contributed by atoms with Gasteiger partial charge in [-0.15, -0.1) is 0 Å². The topological polar surface area (TPSA) is 32.3 Å². The Kier molecular flexibility index (Phi) is 3.48.